The van der Waals surface area contributed by atoms with Crippen LogP contribution in [0.3, 0.4) is 0 Å². The first kappa shape index (κ1) is 17.5. The van der Waals surface area contributed by atoms with Crippen molar-refractivity contribution in [1.82, 2.24) is 15.0 Å². The molecule has 3 nitrogen and oxygen atoms in total. The largest absolute Gasteiger partial charge is 0.226 e. The van der Waals surface area contributed by atoms with E-state index in [9.17, 15) is 0 Å². The van der Waals surface area contributed by atoms with E-state index in [1.165, 1.54) is 0 Å². The average molecular weight is 394 g/mol. The van der Waals surface area contributed by atoms with Crippen molar-refractivity contribution in [2.45, 2.75) is 0 Å². The molecule has 138 valence electrons. The van der Waals surface area contributed by atoms with Gasteiger partial charge in [0, 0.05) is 11.1 Å². The molecule has 5 aromatic rings. The van der Waals surface area contributed by atoms with Crippen molar-refractivity contribution in [2.24, 2.45) is 0 Å². The third-order valence-electron chi connectivity index (χ3n) is 4.87. The van der Waals surface area contributed by atoms with E-state index < -0.39 is 0 Å². The van der Waals surface area contributed by atoms with Gasteiger partial charge in [-0.05, 0) is 39.6 Å². The van der Waals surface area contributed by atoms with Gasteiger partial charge in [0.1, 0.15) is 0 Å². The maximum absolute atomic E-state index is 6.30. The summed E-state index contributed by atoms with van der Waals surface area (Å²) in [6.45, 7) is 0. The van der Waals surface area contributed by atoms with Crippen LogP contribution in [-0.2, 0) is 0 Å². The molecular formula is C25H16ClN3. The van der Waals surface area contributed by atoms with E-state index in [-0.39, 0.29) is 5.28 Å². The number of aromatic nitrogens is 3. The minimum atomic E-state index is 0.183. The van der Waals surface area contributed by atoms with E-state index in [0.717, 1.165) is 33.0 Å². The third kappa shape index (κ3) is 3.48. The van der Waals surface area contributed by atoms with Crippen LogP contribution >= 0.6 is 11.6 Å². The van der Waals surface area contributed by atoms with Gasteiger partial charge in [-0.15, -0.1) is 0 Å². The highest BCUT2D eigenvalue weighted by Gasteiger charge is 2.12. The Kier molecular flexibility index (Phi) is 4.51. The quantitative estimate of drug-likeness (QED) is 0.343. The van der Waals surface area contributed by atoms with Gasteiger partial charge in [0.25, 0.3) is 0 Å². The van der Waals surface area contributed by atoms with Gasteiger partial charge in [0.05, 0.1) is 0 Å². The number of hydrogen-bond donors (Lipinski definition) is 0. The molecule has 5 rings (SSSR count). The van der Waals surface area contributed by atoms with Crippen molar-refractivity contribution in [3.05, 3.63) is 102 Å². The second-order valence-corrected chi connectivity index (χ2v) is 7.06. The Balaban J connectivity index is 1.64. The van der Waals surface area contributed by atoms with Gasteiger partial charge in [-0.3, -0.25) is 0 Å². The molecule has 1 aromatic heterocycles. The smallest absolute Gasteiger partial charge is 0.208 e. The van der Waals surface area contributed by atoms with Crippen LogP contribution < -0.4 is 0 Å². The lowest BCUT2D eigenvalue weighted by Crippen LogP contribution is -1.98. The summed E-state index contributed by atoms with van der Waals surface area (Å²) in [6, 6.07) is 32.7. The normalized spacial score (nSPS) is 10.9. The van der Waals surface area contributed by atoms with E-state index >= 15 is 0 Å². The topological polar surface area (TPSA) is 38.7 Å². The summed E-state index contributed by atoms with van der Waals surface area (Å²) in [4.78, 5) is 13.5. The first-order valence-corrected chi connectivity index (χ1v) is 9.71. The van der Waals surface area contributed by atoms with Gasteiger partial charge in [0.15, 0.2) is 11.6 Å². The highest BCUT2D eigenvalue weighted by molar-refractivity contribution is 6.28. The second-order valence-electron chi connectivity index (χ2n) is 6.73. The Morgan fingerprint density at radius 1 is 0.517 bits per heavy atom. The molecule has 0 spiro atoms. The Hall–Kier alpha value is -3.56. The molecule has 0 fully saturated rings. The van der Waals surface area contributed by atoms with Crippen LogP contribution in [0.15, 0.2) is 97.1 Å². The molecule has 0 amide bonds. The Morgan fingerprint density at radius 2 is 1.17 bits per heavy atom. The molecule has 0 aliphatic rings. The number of nitrogens with zero attached hydrogens (tertiary/aromatic N) is 3. The monoisotopic (exact) mass is 393 g/mol. The molecule has 0 saturated heterocycles. The first-order chi connectivity index (χ1) is 14.3. The summed E-state index contributed by atoms with van der Waals surface area (Å²) in [5.74, 6) is 1.13. The fourth-order valence-corrected chi connectivity index (χ4v) is 3.65. The van der Waals surface area contributed by atoms with Crippen LogP contribution in [0.1, 0.15) is 0 Å². The highest BCUT2D eigenvalue weighted by Crippen LogP contribution is 2.29. The van der Waals surface area contributed by atoms with E-state index in [1.807, 2.05) is 54.6 Å². The molecular weight excluding hydrogens is 378 g/mol. The van der Waals surface area contributed by atoms with Crippen LogP contribution in [0.25, 0.3) is 44.7 Å². The summed E-state index contributed by atoms with van der Waals surface area (Å²) in [5.41, 5.74) is 4.08. The Labute approximate surface area is 173 Å². The molecule has 1 heterocycles. The summed E-state index contributed by atoms with van der Waals surface area (Å²) in [5, 5.41) is 2.40. The van der Waals surface area contributed by atoms with Gasteiger partial charge in [0.2, 0.25) is 5.28 Å². The minimum absolute atomic E-state index is 0.183. The molecule has 0 aliphatic heterocycles. The highest BCUT2D eigenvalue weighted by atomic mass is 35.5. The van der Waals surface area contributed by atoms with Gasteiger partial charge in [-0.25, -0.2) is 4.98 Å². The van der Waals surface area contributed by atoms with Crippen LogP contribution in [0.2, 0.25) is 5.28 Å². The summed E-state index contributed by atoms with van der Waals surface area (Å²) >= 11 is 6.30. The molecule has 0 unspecified atom stereocenters. The predicted molar refractivity (Wildman–Crippen MR) is 119 cm³/mol. The molecule has 0 radical (unpaired) electrons. The Morgan fingerprint density at radius 3 is 2.07 bits per heavy atom. The van der Waals surface area contributed by atoms with Crippen molar-refractivity contribution in [3.8, 4) is 33.9 Å². The predicted octanol–water partition coefficient (Wildman–Crippen LogP) is 6.68. The van der Waals surface area contributed by atoms with Gasteiger partial charge in [-0.2, -0.15) is 9.97 Å². The van der Waals surface area contributed by atoms with Gasteiger partial charge < -0.3 is 0 Å². The van der Waals surface area contributed by atoms with E-state index in [4.69, 9.17) is 16.6 Å². The standard InChI is InChI=1S/C25H16ClN3/c26-25-28-23(20-13-6-12-19(16-20)17-8-2-1-3-9-17)27-24(29-25)22-15-7-11-18-10-4-5-14-21(18)22/h1-16H. The zero-order valence-electron chi connectivity index (χ0n) is 15.5. The molecule has 4 heteroatoms. The number of rotatable bonds is 3. The van der Waals surface area contributed by atoms with Crippen molar-refractivity contribution >= 4 is 22.4 Å². The maximum atomic E-state index is 6.30. The van der Waals surface area contributed by atoms with E-state index in [2.05, 4.69) is 52.4 Å². The van der Waals surface area contributed by atoms with Crippen molar-refractivity contribution in [3.63, 3.8) is 0 Å². The number of hydrogen-bond acceptors (Lipinski definition) is 3. The summed E-state index contributed by atoms with van der Waals surface area (Å²) in [7, 11) is 0. The van der Waals surface area contributed by atoms with E-state index in [1.54, 1.807) is 0 Å². The van der Waals surface area contributed by atoms with Crippen molar-refractivity contribution in [1.29, 1.82) is 0 Å². The minimum Gasteiger partial charge on any atom is -0.208 e. The molecule has 0 saturated carbocycles. The summed E-state index contributed by atoms with van der Waals surface area (Å²) < 4.78 is 0. The second kappa shape index (κ2) is 7.46. The van der Waals surface area contributed by atoms with E-state index in [0.29, 0.717) is 11.6 Å². The van der Waals surface area contributed by atoms with Crippen LogP contribution in [-0.4, -0.2) is 15.0 Å². The zero-order valence-corrected chi connectivity index (χ0v) is 16.2. The van der Waals surface area contributed by atoms with Crippen molar-refractivity contribution < 1.29 is 0 Å². The lowest BCUT2D eigenvalue weighted by molar-refractivity contribution is 1.07. The number of fused-ring (bicyclic) bond motifs is 1. The number of halogens is 1. The molecule has 0 N–H and O–H groups in total. The van der Waals surface area contributed by atoms with Crippen LogP contribution in [0.4, 0.5) is 0 Å². The average Bonchev–Trinajstić information content (AvgIpc) is 2.79. The van der Waals surface area contributed by atoms with Gasteiger partial charge in [-0.1, -0.05) is 91.0 Å². The molecule has 4 aromatic carbocycles. The third-order valence-corrected chi connectivity index (χ3v) is 5.04. The SMILES string of the molecule is Clc1nc(-c2cccc(-c3ccccc3)c2)nc(-c2cccc3ccccc23)n1. The summed E-state index contributed by atoms with van der Waals surface area (Å²) in [6.07, 6.45) is 0. The molecule has 0 bridgehead atoms. The zero-order chi connectivity index (χ0) is 19.6. The van der Waals surface area contributed by atoms with Gasteiger partial charge >= 0.3 is 0 Å². The molecule has 0 aliphatic carbocycles. The Bertz CT molecular complexity index is 1310. The molecule has 29 heavy (non-hydrogen) atoms. The first-order valence-electron chi connectivity index (χ1n) is 9.33. The maximum Gasteiger partial charge on any atom is 0.226 e. The van der Waals surface area contributed by atoms with Crippen LogP contribution in [0.5, 0.6) is 0 Å². The lowest BCUT2D eigenvalue weighted by atomic mass is 10.0. The number of benzene rings is 4. The lowest BCUT2D eigenvalue weighted by Gasteiger charge is -2.09. The van der Waals surface area contributed by atoms with Crippen LogP contribution in [0, 0.1) is 0 Å². The molecule has 0 atom stereocenters. The van der Waals surface area contributed by atoms with Crippen molar-refractivity contribution in [2.75, 3.05) is 0 Å². The fraction of sp³-hybridized carbons (Fsp3) is 0. The fourth-order valence-electron chi connectivity index (χ4n) is 3.49.